The maximum atomic E-state index is 12.1. The lowest BCUT2D eigenvalue weighted by molar-refractivity contribution is 0.102. The Balaban J connectivity index is 1.91. The van der Waals surface area contributed by atoms with Gasteiger partial charge in [0.15, 0.2) is 5.16 Å². The molecule has 6 nitrogen and oxygen atoms in total. The van der Waals surface area contributed by atoms with Crippen LogP contribution in [0.15, 0.2) is 40.7 Å². The summed E-state index contributed by atoms with van der Waals surface area (Å²) in [6.45, 7) is 0.597. The van der Waals surface area contributed by atoms with Crippen molar-refractivity contribution < 1.29 is 4.79 Å². The Kier molecular flexibility index (Phi) is 3.04. The molecular formula is C12H10N4O2S. The average Bonchev–Trinajstić information content (AvgIpc) is 2.89. The molecule has 0 saturated carbocycles. The van der Waals surface area contributed by atoms with Crippen LogP contribution in [0.25, 0.3) is 0 Å². The molecule has 2 aromatic rings. The van der Waals surface area contributed by atoms with Gasteiger partial charge in [-0.05, 0) is 12.1 Å². The number of aromatic nitrogens is 3. The number of anilines is 1. The Labute approximate surface area is 112 Å². The van der Waals surface area contributed by atoms with Crippen molar-refractivity contribution in [2.24, 2.45) is 0 Å². The number of fused-ring (bicyclic) bond motifs is 1. The molecule has 1 N–H and O–H groups in total. The molecule has 3 heterocycles. The van der Waals surface area contributed by atoms with Gasteiger partial charge in [0.05, 0.1) is 11.9 Å². The first-order valence-corrected chi connectivity index (χ1v) is 6.68. The van der Waals surface area contributed by atoms with Crippen LogP contribution < -0.4 is 10.9 Å². The molecule has 3 rings (SSSR count). The number of carbonyl (C=O) groups is 1. The number of nitrogens with one attached hydrogen (secondary N) is 1. The lowest BCUT2D eigenvalue weighted by Crippen LogP contribution is -2.29. The molecule has 0 fully saturated rings. The summed E-state index contributed by atoms with van der Waals surface area (Å²) in [5.41, 5.74) is 0.304. The molecule has 1 amide bonds. The number of hydrogen-bond donors (Lipinski definition) is 1. The normalized spacial score (nSPS) is 13.1. The van der Waals surface area contributed by atoms with Crippen molar-refractivity contribution in [2.45, 2.75) is 11.7 Å². The lowest BCUT2D eigenvalue weighted by Gasteiger charge is -2.06. The van der Waals surface area contributed by atoms with Gasteiger partial charge in [-0.2, -0.15) is 0 Å². The molecule has 2 aromatic heterocycles. The molecule has 0 aromatic carbocycles. The van der Waals surface area contributed by atoms with E-state index in [4.69, 9.17) is 0 Å². The number of nitrogens with zero attached hydrogens (tertiary/aromatic N) is 3. The second-order valence-electron chi connectivity index (χ2n) is 3.96. The van der Waals surface area contributed by atoms with Crippen LogP contribution in [0.1, 0.15) is 10.4 Å². The molecule has 0 unspecified atom stereocenters. The second kappa shape index (κ2) is 4.85. The zero-order valence-electron chi connectivity index (χ0n) is 9.87. The highest BCUT2D eigenvalue weighted by atomic mass is 32.2. The quantitative estimate of drug-likeness (QED) is 0.827. The fraction of sp³-hybridized carbons (Fsp3) is 0.167. The largest absolute Gasteiger partial charge is 0.320 e. The third-order valence-electron chi connectivity index (χ3n) is 2.72. The molecule has 1 aliphatic heterocycles. The van der Waals surface area contributed by atoms with Crippen molar-refractivity contribution in [2.75, 3.05) is 11.1 Å². The molecular weight excluding hydrogens is 264 g/mol. The first kappa shape index (κ1) is 11.9. The zero-order valence-corrected chi connectivity index (χ0v) is 10.7. The molecule has 0 spiro atoms. The highest BCUT2D eigenvalue weighted by Crippen LogP contribution is 2.20. The fourth-order valence-corrected chi connectivity index (χ4v) is 2.72. The van der Waals surface area contributed by atoms with Crippen molar-refractivity contribution in [3.05, 3.63) is 46.6 Å². The van der Waals surface area contributed by atoms with Crippen molar-refractivity contribution in [1.29, 1.82) is 0 Å². The summed E-state index contributed by atoms with van der Waals surface area (Å²) in [5.74, 6) is 0.355. The summed E-state index contributed by atoms with van der Waals surface area (Å²) in [7, 11) is 0. The van der Waals surface area contributed by atoms with E-state index in [-0.39, 0.29) is 11.1 Å². The highest BCUT2D eigenvalue weighted by molar-refractivity contribution is 7.99. The topological polar surface area (TPSA) is 76.9 Å². The van der Waals surface area contributed by atoms with Gasteiger partial charge < -0.3 is 5.32 Å². The van der Waals surface area contributed by atoms with E-state index in [0.29, 0.717) is 17.4 Å². The predicted molar refractivity (Wildman–Crippen MR) is 71.4 cm³/mol. The van der Waals surface area contributed by atoms with Gasteiger partial charge in [0, 0.05) is 24.7 Å². The van der Waals surface area contributed by atoms with Crippen LogP contribution in [0.2, 0.25) is 0 Å². The number of rotatable bonds is 2. The highest BCUT2D eigenvalue weighted by Gasteiger charge is 2.19. The third kappa shape index (κ3) is 2.24. The molecule has 0 saturated heterocycles. The number of amides is 1. The molecule has 0 aliphatic carbocycles. The molecule has 0 atom stereocenters. The van der Waals surface area contributed by atoms with Crippen molar-refractivity contribution in [3.63, 3.8) is 0 Å². The average molecular weight is 274 g/mol. The van der Waals surface area contributed by atoms with Crippen LogP contribution in [0.5, 0.6) is 0 Å². The monoisotopic (exact) mass is 274 g/mol. The molecule has 0 bridgehead atoms. The minimum Gasteiger partial charge on any atom is -0.320 e. The second-order valence-corrected chi connectivity index (χ2v) is 5.02. The van der Waals surface area contributed by atoms with Crippen LogP contribution in [0, 0.1) is 0 Å². The summed E-state index contributed by atoms with van der Waals surface area (Å²) in [6, 6.07) is 3.42. The van der Waals surface area contributed by atoms with Gasteiger partial charge in [0.1, 0.15) is 5.56 Å². The number of pyridine rings is 1. The summed E-state index contributed by atoms with van der Waals surface area (Å²) in [4.78, 5) is 32.2. The third-order valence-corrected chi connectivity index (χ3v) is 3.69. The Morgan fingerprint density at radius 3 is 3.11 bits per heavy atom. The van der Waals surface area contributed by atoms with E-state index in [2.05, 4.69) is 15.3 Å². The van der Waals surface area contributed by atoms with Gasteiger partial charge in [0.2, 0.25) is 0 Å². The maximum Gasteiger partial charge on any atom is 0.267 e. The SMILES string of the molecule is O=C(Nc1cccnc1)c1cnc2n(c1=O)CCS2. The van der Waals surface area contributed by atoms with E-state index in [9.17, 15) is 9.59 Å². The number of carbonyl (C=O) groups excluding carboxylic acids is 1. The van der Waals surface area contributed by atoms with Gasteiger partial charge in [-0.15, -0.1) is 0 Å². The number of thioether (sulfide) groups is 1. The van der Waals surface area contributed by atoms with Gasteiger partial charge in [-0.1, -0.05) is 11.8 Å². The van der Waals surface area contributed by atoms with Crippen molar-refractivity contribution >= 4 is 23.4 Å². The number of hydrogen-bond acceptors (Lipinski definition) is 5. The molecule has 19 heavy (non-hydrogen) atoms. The first-order valence-electron chi connectivity index (χ1n) is 5.70. The molecule has 7 heteroatoms. The lowest BCUT2D eigenvalue weighted by atomic mass is 10.3. The minimum atomic E-state index is -0.460. The van der Waals surface area contributed by atoms with Crippen LogP contribution >= 0.6 is 11.8 Å². The van der Waals surface area contributed by atoms with Crippen LogP contribution in [-0.2, 0) is 6.54 Å². The van der Waals surface area contributed by atoms with Gasteiger partial charge in [-0.3, -0.25) is 19.1 Å². The zero-order chi connectivity index (χ0) is 13.2. The van der Waals surface area contributed by atoms with Crippen molar-refractivity contribution in [3.8, 4) is 0 Å². The Morgan fingerprint density at radius 2 is 2.32 bits per heavy atom. The van der Waals surface area contributed by atoms with E-state index in [1.54, 1.807) is 18.3 Å². The molecule has 96 valence electrons. The van der Waals surface area contributed by atoms with Gasteiger partial charge >= 0.3 is 0 Å². The Morgan fingerprint density at radius 1 is 1.42 bits per heavy atom. The van der Waals surface area contributed by atoms with Crippen LogP contribution in [-0.4, -0.2) is 26.2 Å². The predicted octanol–water partition coefficient (Wildman–Crippen LogP) is 0.996. The van der Waals surface area contributed by atoms with E-state index >= 15 is 0 Å². The van der Waals surface area contributed by atoms with E-state index in [0.717, 1.165) is 5.75 Å². The Hall–Kier alpha value is -2.15. The molecule has 1 aliphatic rings. The summed E-state index contributed by atoms with van der Waals surface area (Å²) < 4.78 is 1.53. The van der Waals surface area contributed by atoms with E-state index in [1.165, 1.54) is 28.7 Å². The standard InChI is InChI=1S/C12H10N4O2S/c17-10(15-8-2-1-3-13-6-8)9-7-14-12-16(11(9)18)4-5-19-12/h1-3,6-7H,4-5H2,(H,15,17). The van der Waals surface area contributed by atoms with E-state index < -0.39 is 5.91 Å². The minimum absolute atomic E-state index is 0.0510. The fourth-order valence-electron chi connectivity index (χ4n) is 1.81. The smallest absolute Gasteiger partial charge is 0.267 e. The summed E-state index contributed by atoms with van der Waals surface area (Å²) in [6.07, 6.45) is 4.46. The summed E-state index contributed by atoms with van der Waals surface area (Å²) in [5, 5.41) is 3.30. The van der Waals surface area contributed by atoms with Crippen molar-refractivity contribution in [1.82, 2.24) is 14.5 Å². The van der Waals surface area contributed by atoms with Gasteiger partial charge in [0.25, 0.3) is 11.5 Å². The first-order chi connectivity index (χ1) is 9.25. The summed E-state index contributed by atoms with van der Waals surface area (Å²) >= 11 is 1.52. The molecule has 0 radical (unpaired) electrons. The van der Waals surface area contributed by atoms with Crippen LogP contribution in [0.3, 0.4) is 0 Å². The van der Waals surface area contributed by atoms with Gasteiger partial charge in [-0.25, -0.2) is 4.98 Å². The Bertz CT molecular complexity index is 684. The maximum absolute atomic E-state index is 12.1. The van der Waals surface area contributed by atoms with E-state index in [1.807, 2.05) is 0 Å². The van der Waals surface area contributed by atoms with Crippen LogP contribution in [0.4, 0.5) is 5.69 Å².